The minimum atomic E-state index is -2.69. The number of likely N-dealkylation sites (tertiary alicyclic amines) is 1. The second-order valence-electron chi connectivity index (χ2n) is 7.77. The normalized spacial score (nSPS) is 16.0. The van der Waals surface area contributed by atoms with Crippen molar-refractivity contribution in [1.82, 2.24) is 29.4 Å². The standard InChI is InChI=1S/C22H20F2N6O/c1-14-26-13-19(28-14)16-9-18(12-25-10-16)30-5-2-15-8-17(11-27-20(15)30)21(31)29-6-3-22(23,24)4-7-29/h2,5,8-13H,3-4,6-7H2,1H3,(H,26,28). The molecule has 0 radical (unpaired) electrons. The molecule has 158 valence electrons. The van der Waals surface area contributed by atoms with Gasteiger partial charge in [-0.1, -0.05) is 0 Å². The molecule has 0 bridgehead atoms. The molecule has 1 amide bonds. The maximum atomic E-state index is 13.4. The average Bonchev–Trinajstić information content (AvgIpc) is 3.39. The summed E-state index contributed by atoms with van der Waals surface area (Å²) >= 11 is 0. The number of H-pyrrole nitrogens is 1. The molecule has 0 saturated carbocycles. The van der Waals surface area contributed by atoms with Crippen molar-refractivity contribution in [3.05, 3.63) is 60.6 Å². The maximum Gasteiger partial charge on any atom is 0.255 e. The van der Waals surface area contributed by atoms with Crippen LogP contribution in [0.15, 0.2) is 49.2 Å². The number of carbonyl (C=O) groups excluding carboxylic acids is 1. The average molecular weight is 422 g/mol. The third kappa shape index (κ3) is 3.67. The van der Waals surface area contributed by atoms with Crippen molar-refractivity contribution in [1.29, 1.82) is 0 Å². The number of halogens is 2. The lowest BCUT2D eigenvalue weighted by Gasteiger charge is -2.31. The van der Waals surface area contributed by atoms with Crippen LogP contribution in [0.1, 0.15) is 29.0 Å². The Morgan fingerprint density at radius 3 is 2.71 bits per heavy atom. The molecular formula is C22H20F2N6O. The van der Waals surface area contributed by atoms with Crippen molar-refractivity contribution >= 4 is 16.9 Å². The summed E-state index contributed by atoms with van der Waals surface area (Å²) in [7, 11) is 0. The zero-order valence-corrected chi connectivity index (χ0v) is 16.8. The second-order valence-corrected chi connectivity index (χ2v) is 7.77. The number of aryl methyl sites for hydroxylation is 1. The van der Waals surface area contributed by atoms with Crippen LogP contribution in [0.4, 0.5) is 8.78 Å². The molecule has 4 aromatic rings. The lowest BCUT2D eigenvalue weighted by molar-refractivity contribution is -0.0494. The Bertz CT molecular complexity index is 1270. The highest BCUT2D eigenvalue weighted by Crippen LogP contribution is 2.29. The Labute approximate surface area is 176 Å². The summed E-state index contributed by atoms with van der Waals surface area (Å²) in [6.07, 6.45) is 8.07. The molecule has 0 atom stereocenters. The number of pyridine rings is 2. The van der Waals surface area contributed by atoms with Crippen molar-refractivity contribution in [2.24, 2.45) is 0 Å². The molecule has 0 spiro atoms. The van der Waals surface area contributed by atoms with E-state index in [2.05, 4.69) is 19.9 Å². The Morgan fingerprint density at radius 1 is 1.16 bits per heavy atom. The Balaban J connectivity index is 1.43. The largest absolute Gasteiger partial charge is 0.348 e. The smallest absolute Gasteiger partial charge is 0.255 e. The third-order valence-corrected chi connectivity index (χ3v) is 5.56. The first kappa shape index (κ1) is 19.3. The van der Waals surface area contributed by atoms with Gasteiger partial charge in [-0.2, -0.15) is 0 Å². The van der Waals surface area contributed by atoms with Gasteiger partial charge in [0.25, 0.3) is 11.8 Å². The van der Waals surface area contributed by atoms with E-state index in [0.29, 0.717) is 11.2 Å². The lowest BCUT2D eigenvalue weighted by atomic mass is 10.1. The number of aromatic amines is 1. The number of carbonyl (C=O) groups is 1. The van der Waals surface area contributed by atoms with E-state index in [9.17, 15) is 13.6 Å². The van der Waals surface area contributed by atoms with Gasteiger partial charge in [0, 0.05) is 61.7 Å². The summed E-state index contributed by atoms with van der Waals surface area (Å²) in [5.74, 6) is -2.13. The van der Waals surface area contributed by atoms with Crippen molar-refractivity contribution in [3.8, 4) is 16.9 Å². The van der Waals surface area contributed by atoms with E-state index in [0.717, 1.165) is 28.2 Å². The lowest BCUT2D eigenvalue weighted by Crippen LogP contribution is -2.42. The highest BCUT2D eigenvalue weighted by molar-refractivity contribution is 5.97. The topological polar surface area (TPSA) is 79.7 Å². The van der Waals surface area contributed by atoms with Gasteiger partial charge in [0.2, 0.25) is 0 Å². The summed E-state index contributed by atoms with van der Waals surface area (Å²) in [5, 5.41) is 0.786. The van der Waals surface area contributed by atoms with Crippen LogP contribution in [-0.4, -0.2) is 54.3 Å². The number of hydrogen-bond acceptors (Lipinski definition) is 4. The number of amides is 1. The minimum absolute atomic E-state index is 0.0516. The first-order valence-corrected chi connectivity index (χ1v) is 10.0. The van der Waals surface area contributed by atoms with Gasteiger partial charge in [0.1, 0.15) is 11.5 Å². The van der Waals surface area contributed by atoms with Gasteiger partial charge in [-0.15, -0.1) is 0 Å². The number of hydrogen-bond donors (Lipinski definition) is 1. The molecule has 1 fully saturated rings. The van der Waals surface area contributed by atoms with Crippen LogP contribution in [-0.2, 0) is 0 Å². The van der Waals surface area contributed by atoms with E-state index in [4.69, 9.17) is 0 Å². The number of imidazole rings is 1. The second kappa shape index (κ2) is 7.26. The van der Waals surface area contributed by atoms with Crippen LogP contribution in [0, 0.1) is 6.92 Å². The van der Waals surface area contributed by atoms with Crippen LogP contribution < -0.4 is 0 Å². The fraction of sp³-hybridized carbons (Fsp3) is 0.273. The minimum Gasteiger partial charge on any atom is -0.348 e. The molecule has 1 N–H and O–H groups in total. The molecule has 0 aliphatic carbocycles. The number of fused-ring (bicyclic) bond motifs is 1. The van der Waals surface area contributed by atoms with Crippen LogP contribution in [0.3, 0.4) is 0 Å². The molecule has 0 unspecified atom stereocenters. The van der Waals surface area contributed by atoms with Gasteiger partial charge in [-0.25, -0.2) is 18.7 Å². The zero-order chi connectivity index (χ0) is 21.6. The summed E-state index contributed by atoms with van der Waals surface area (Å²) in [4.78, 5) is 30.5. The summed E-state index contributed by atoms with van der Waals surface area (Å²) in [6, 6.07) is 5.59. The number of rotatable bonds is 3. The van der Waals surface area contributed by atoms with Gasteiger partial charge in [0.15, 0.2) is 0 Å². The van der Waals surface area contributed by atoms with Crippen LogP contribution >= 0.6 is 0 Å². The maximum absolute atomic E-state index is 13.4. The van der Waals surface area contributed by atoms with Crippen LogP contribution in [0.5, 0.6) is 0 Å². The summed E-state index contributed by atoms with van der Waals surface area (Å²) < 4.78 is 28.7. The predicted octanol–water partition coefficient (Wildman–Crippen LogP) is 3.99. The van der Waals surface area contributed by atoms with E-state index >= 15 is 0 Å². The molecule has 1 saturated heterocycles. The summed E-state index contributed by atoms with van der Waals surface area (Å²) in [6.45, 7) is 1.99. The SMILES string of the molecule is Cc1nc(-c2cncc(-n3ccc4cc(C(=O)N5CCC(F)(F)CC5)cnc43)c2)c[nH]1. The molecule has 1 aliphatic rings. The van der Waals surface area contributed by atoms with E-state index in [-0.39, 0.29) is 31.8 Å². The fourth-order valence-electron chi connectivity index (χ4n) is 3.83. The number of nitrogens with zero attached hydrogens (tertiary/aromatic N) is 5. The quantitative estimate of drug-likeness (QED) is 0.541. The van der Waals surface area contributed by atoms with Crippen LogP contribution in [0.2, 0.25) is 0 Å². The first-order valence-electron chi connectivity index (χ1n) is 10.0. The zero-order valence-electron chi connectivity index (χ0n) is 16.8. The van der Waals surface area contributed by atoms with Crippen molar-refractivity contribution < 1.29 is 13.6 Å². The molecule has 5 heterocycles. The van der Waals surface area contributed by atoms with E-state index in [1.807, 2.05) is 36.0 Å². The first-order chi connectivity index (χ1) is 14.9. The molecule has 7 nitrogen and oxygen atoms in total. The van der Waals surface area contributed by atoms with E-state index in [1.54, 1.807) is 18.5 Å². The van der Waals surface area contributed by atoms with Gasteiger partial charge < -0.3 is 9.88 Å². The molecule has 9 heteroatoms. The molecular weight excluding hydrogens is 402 g/mol. The molecule has 31 heavy (non-hydrogen) atoms. The number of piperidine rings is 1. The Morgan fingerprint density at radius 2 is 1.97 bits per heavy atom. The predicted molar refractivity (Wildman–Crippen MR) is 111 cm³/mol. The molecule has 5 rings (SSSR count). The monoisotopic (exact) mass is 422 g/mol. The van der Waals surface area contributed by atoms with Gasteiger partial charge >= 0.3 is 0 Å². The van der Waals surface area contributed by atoms with Gasteiger partial charge in [0.05, 0.1) is 23.1 Å². The van der Waals surface area contributed by atoms with Crippen LogP contribution in [0.25, 0.3) is 28.0 Å². The van der Waals surface area contributed by atoms with Crippen molar-refractivity contribution in [2.75, 3.05) is 13.1 Å². The highest BCUT2D eigenvalue weighted by Gasteiger charge is 2.35. The molecule has 4 aromatic heterocycles. The van der Waals surface area contributed by atoms with Gasteiger partial charge in [-0.05, 0) is 25.1 Å². The number of alkyl halides is 2. The molecule has 1 aliphatic heterocycles. The summed E-state index contributed by atoms with van der Waals surface area (Å²) in [5.41, 5.74) is 3.57. The Hall–Kier alpha value is -3.62. The van der Waals surface area contributed by atoms with Crippen molar-refractivity contribution in [2.45, 2.75) is 25.7 Å². The van der Waals surface area contributed by atoms with E-state index < -0.39 is 5.92 Å². The van der Waals surface area contributed by atoms with Gasteiger partial charge in [-0.3, -0.25) is 14.3 Å². The highest BCUT2D eigenvalue weighted by atomic mass is 19.3. The number of nitrogens with one attached hydrogen (secondary N) is 1. The van der Waals surface area contributed by atoms with Crippen molar-refractivity contribution in [3.63, 3.8) is 0 Å². The third-order valence-electron chi connectivity index (χ3n) is 5.56. The van der Waals surface area contributed by atoms with E-state index in [1.165, 1.54) is 11.1 Å². The molecule has 0 aromatic carbocycles. The fourth-order valence-corrected chi connectivity index (χ4v) is 3.83. The Kier molecular flexibility index (Phi) is 4.53. The number of aromatic nitrogens is 5.